The van der Waals surface area contributed by atoms with E-state index < -0.39 is 11.4 Å². The fourth-order valence-corrected chi connectivity index (χ4v) is 1.33. The summed E-state index contributed by atoms with van der Waals surface area (Å²) in [4.78, 5) is 11.1. The first-order valence-corrected chi connectivity index (χ1v) is 4.23. The van der Waals surface area contributed by atoms with Crippen molar-refractivity contribution in [2.24, 2.45) is 0 Å². The van der Waals surface area contributed by atoms with Crippen LogP contribution in [0.2, 0.25) is 0 Å². The van der Waals surface area contributed by atoms with Crippen LogP contribution in [0.3, 0.4) is 0 Å². The summed E-state index contributed by atoms with van der Waals surface area (Å²) in [7, 11) is 0. The van der Waals surface area contributed by atoms with Gasteiger partial charge in [-0.25, -0.2) is 0 Å². The molecule has 0 amide bonds. The Bertz CT molecular complexity index is 344. The van der Waals surface area contributed by atoms with Gasteiger partial charge in [0.15, 0.2) is 0 Å². The monoisotopic (exact) mass is 188 g/mol. The molecular weight excluding hydrogens is 176 g/mol. The van der Waals surface area contributed by atoms with E-state index in [1.54, 1.807) is 24.3 Å². The van der Waals surface area contributed by atoms with Crippen LogP contribution in [0.1, 0.15) is 5.56 Å². The molecule has 0 unspecified atom stereocenters. The first-order valence-electron chi connectivity index (χ1n) is 4.23. The minimum atomic E-state index is -1.18. The van der Waals surface area contributed by atoms with Gasteiger partial charge in [-0.2, -0.15) is 0 Å². The Labute approximate surface area is 83.2 Å². The van der Waals surface area contributed by atoms with E-state index in [9.17, 15) is 4.79 Å². The third-order valence-corrected chi connectivity index (χ3v) is 2.25. The topological polar surface area (TPSA) is 37.3 Å². The van der Waals surface area contributed by atoms with Crippen molar-refractivity contribution in [3.63, 3.8) is 0 Å². The zero-order valence-electron chi connectivity index (χ0n) is 7.81. The highest BCUT2D eigenvalue weighted by molar-refractivity contribution is 5.86. The van der Waals surface area contributed by atoms with Crippen molar-refractivity contribution in [2.75, 3.05) is 0 Å². The Morgan fingerprint density at radius 3 is 2.07 bits per heavy atom. The first-order chi connectivity index (χ1) is 6.67. The average Bonchev–Trinajstić information content (AvgIpc) is 2.22. The highest BCUT2D eigenvalue weighted by Crippen LogP contribution is 2.26. The van der Waals surface area contributed by atoms with E-state index in [4.69, 9.17) is 5.11 Å². The van der Waals surface area contributed by atoms with Crippen LogP contribution < -0.4 is 0 Å². The summed E-state index contributed by atoms with van der Waals surface area (Å²) in [5.41, 5.74) is -0.515. The van der Waals surface area contributed by atoms with Gasteiger partial charge in [0.25, 0.3) is 0 Å². The van der Waals surface area contributed by atoms with Gasteiger partial charge in [-0.15, -0.1) is 13.2 Å². The first kappa shape index (κ1) is 10.3. The number of rotatable bonds is 4. The zero-order chi connectivity index (χ0) is 10.6. The minimum Gasteiger partial charge on any atom is -0.480 e. The van der Waals surface area contributed by atoms with Crippen LogP contribution in [0.25, 0.3) is 0 Å². The maximum absolute atomic E-state index is 11.1. The van der Waals surface area contributed by atoms with Crippen LogP contribution in [0.4, 0.5) is 0 Å². The predicted octanol–water partition coefficient (Wildman–Crippen LogP) is 2.38. The highest BCUT2D eigenvalue weighted by Gasteiger charge is 2.33. The Kier molecular flexibility index (Phi) is 2.87. The molecule has 2 nitrogen and oxygen atoms in total. The van der Waals surface area contributed by atoms with E-state index in [2.05, 4.69) is 13.2 Å². The fourth-order valence-electron chi connectivity index (χ4n) is 1.33. The lowest BCUT2D eigenvalue weighted by molar-refractivity contribution is -0.140. The maximum Gasteiger partial charge on any atom is 0.321 e. The van der Waals surface area contributed by atoms with E-state index in [1.165, 1.54) is 12.2 Å². The molecule has 0 spiro atoms. The molecule has 72 valence electrons. The number of carbonyl (C=O) groups is 1. The number of hydrogen-bond acceptors (Lipinski definition) is 1. The molecule has 1 N–H and O–H groups in total. The van der Waals surface area contributed by atoms with Crippen LogP contribution in [0.5, 0.6) is 0 Å². The molecule has 0 aliphatic heterocycles. The summed E-state index contributed by atoms with van der Waals surface area (Å²) in [6.45, 7) is 7.10. The largest absolute Gasteiger partial charge is 0.480 e. The Morgan fingerprint density at radius 1 is 1.21 bits per heavy atom. The Morgan fingerprint density at radius 2 is 1.71 bits per heavy atom. The number of carboxylic acids is 1. The molecule has 2 heteroatoms. The van der Waals surface area contributed by atoms with Crippen molar-refractivity contribution in [1.29, 1.82) is 0 Å². The molecule has 1 rings (SSSR count). The zero-order valence-corrected chi connectivity index (χ0v) is 7.81. The van der Waals surface area contributed by atoms with Crippen molar-refractivity contribution in [3.8, 4) is 0 Å². The van der Waals surface area contributed by atoms with Crippen LogP contribution >= 0.6 is 0 Å². The van der Waals surface area contributed by atoms with Crippen LogP contribution in [0, 0.1) is 0 Å². The molecule has 0 bridgehead atoms. The van der Waals surface area contributed by atoms with Crippen molar-refractivity contribution in [2.45, 2.75) is 5.41 Å². The third-order valence-electron chi connectivity index (χ3n) is 2.25. The van der Waals surface area contributed by atoms with E-state index in [0.29, 0.717) is 5.56 Å². The van der Waals surface area contributed by atoms with Crippen LogP contribution in [-0.4, -0.2) is 11.1 Å². The minimum absolute atomic E-state index is 0.664. The maximum atomic E-state index is 11.1. The smallest absolute Gasteiger partial charge is 0.321 e. The van der Waals surface area contributed by atoms with Gasteiger partial charge in [0.1, 0.15) is 5.41 Å². The molecule has 0 saturated carbocycles. The Balaban J connectivity index is 3.32. The second-order valence-corrected chi connectivity index (χ2v) is 2.95. The lowest BCUT2D eigenvalue weighted by Gasteiger charge is -2.21. The molecule has 0 fully saturated rings. The van der Waals surface area contributed by atoms with Gasteiger partial charge in [0.05, 0.1) is 0 Å². The number of carboxylic acid groups (broad SMARTS) is 1. The van der Waals surface area contributed by atoms with Gasteiger partial charge < -0.3 is 5.11 Å². The molecule has 0 aromatic heterocycles. The summed E-state index contributed by atoms with van der Waals surface area (Å²) < 4.78 is 0. The van der Waals surface area contributed by atoms with E-state index in [1.807, 2.05) is 6.07 Å². The van der Waals surface area contributed by atoms with Gasteiger partial charge in [0, 0.05) is 0 Å². The summed E-state index contributed by atoms with van der Waals surface area (Å²) in [6.07, 6.45) is 2.77. The molecule has 0 atom stereocenters. The van der Waals surface area contributed by atoms with Crippen LogP contribution in [-0.2, 0) is 10.2 Å². The van der Waals surface area contributed by atoms with E-state index in [0.717, 1.165) is 0 Å². The summed E-state index contributed by atoms with van der Waals surface area (Å²) in [5.74, 6) is -0.964. The normalized spacial score (nSPS) is 10.6. The lowest BCUT2D eigenvalue weighted by atomic mass is 9.81. The van der Waals surface area contributed by atoms with Gasteiger partial charge >= 0.3 is 5.97 Å². The molecule has 14 heavy (non-hydrogen) atoms. The quantitative estimate of drug-likeness (QED) is 0.736. The van der Waals surface area contributed by atoms with Crippen LogP contribution in [0.15, 0.2) is 55.6 Å². The molecule has 0 aliphatic carbocycles. The molecule has 1 aromatic rings. The van der Waals surface area contributed by atoms with Gasteiger partial charge in [-0.3, -0.25) is 4.79 Å². The van der Waals surface area contributed by atoms with Crippen molar-refractivity contribution >= 4 is 5.97 Å². The molecule has 0 aliphatic rings. The summed E-state index contributed by atoms with van der Waals surface area (Å²) in [6, 6.07) is 8.91. The third kappa shape index (κ3) is 1.46. The second kappa shape index (κ2) is 3.92. The lowest BCUT2D eigenvalue weighted by Crippen LogP contribution is -2.30. The predicted molar refractivity (Wildman–Crippen MR) is 56.1 cm³/mol. The highest BCUT2D eigenvalue weighted by atomic mass is 16.4. The molecule has 0 heterocycles. The molecular formula is C12H12O2. The molecule has 0 saturated heterocycles. The SMILES string of the molecule is C=CC(C=C)(C(=O)O)c1ccccc1. The number of aliphatic carboxylic acids is 1. The number of hydrogen-bond donors (Lipinski definition) is 1. The fraction of sp³-hybridized carbons (Fsp3) is 0.0833. The van der Waals surface area contributed by atoms with Gasteiger partial charge in [-0.05, 0) is 5.56 Å². The standard InChI is InChI=1S/C12H12O2/c1-3-12(4-2,11(13)14)10-8-6-5-7-9-10/h3-9H,1-2H2,(H,13,14). The van der Waals surface area contributed by atoms with E-state index in [-0.39, 0.29) is 0 Å². The van der Waals surface area contributed by atoms with Gasteiger partial charge in [-0.1, -0.05) is 42.5 Å². The average molecular weight is 188 g/mol. The van der Waals surface area contributed by atoms with Crippen molar-refractivity contribution < 1.29 is 9.90 Å². The molecule has 0 radical (unpaired) electrons. The molecule has 1 aromatic carbocycles. The van der Waals surface area contributed by atoms with Crippen molar-refractivity contribution in [1.82, 2.24) is 0 Å². The summed E-state index contributed by atoms with van der Waals surface area (Å²) >= 11 is 0. The number of benzene rings is 1. The second-order valence-electron chi connectivity index (χ2n) is 2.95. The van der Waals surface area contributed by atoms with E-state index >= 15 is 0 Å². The van der Waals surface area contributed by atoms with Gasteiger partial charge in [0.2, 0.25) is 0 Å². The Hall–Kier alpha value is -1.83. The van der Waals surface area contributed by atoms with Crippen molar-refractivity contribution in [3.05, 3.63) is 61.2 Å². The summed E-state index contributed by atoms with van der Waals surface area (Å²) in [5, 5.41) is 9.13.